The minimum absolute atomic E-state index is 0.118. The van der Waals surface area contributed by atoms with Gasteiger partial charge in [-0.15, -0.1) is 0 Å². The van der Waals surface area contributed by atoms with E-state index in [2.05, 4.69) is 0 Å². The summed E-state index contributed by atoms with van der Waals surface area (Å²) in [6.45, 7) is 9.23. The average Bonchev–Trinajstić information content (AvgIpc) is 3.11. The quantitative estimate of drug-likeness (QED) is 0.0992. The summed E-state index contributed by atoms with van der Waals surface area (Å²) < 4.78 is 32.7. The molecule has 4 aliphatic rings. The third-order valence-corrected chi connectivity index (χ3v) is 12.3. The number of fused-ring (bicyclic) bond motifs is 5. The first kappa shape index (κ1) is 41.7. The second-order valence-corrected chi connectivity index (χ2v) is 17.7. The van der Waals surface area contributed by atoms with Gasteiger partial charge in [0.15, 0.2) is 5.60 Å². The van der Waals surface area contributed by atoms with Gasteiger partial charge in [0.2, 0.25) is 0 Å². The third kappa shape index (κ3) is 7.23. The van der Waals surface area contributed by atoms with E-state index < -0.39 is 92.1 Å². The molecule has 2 saturated carbocycles. The Morgan fingerprint density at radius 3 is 2.14 bits per heavy atom. The number of ether oxygens (including phenoxy) is 6. The molecular weight excluding hydrogens is 791 g/mol. The summed E-state index contributed by atoms with van der Waals surface area (Å²) in [5, 5.41) is 13.6. The van der Waals surface area contributed by atoms with E-state index in [0.717, 1.165) is 5.56 Å². The number of carbonyl (C=O) groups excluding carboxylic acids is 5. The summed E-state index contributed by atoms with van der Waals surface area (Å²) in [5.41, 5.74) is -5.33. The minimum Gasteiger partial charge on any atom is -0.455 e. The van der Waals surface area contributed by atoms with Gasteiger partial charge >= 0.3 is 28.0 Å². The van der Waals surface area contributed by atoms with Crippen LogP contribution < -0.4 is 0 Å². The van der Waals surface area contributed by atoms with Gasteiger partial charge in [0, 0.05) is 37.2 Å². The predicted octanol–water partition coefficient (Wildman–Crippen LogP) is 7.11. The fourth-order valence-electron chi connectivity index (χ4n) is 9.56. The molecule has 12 nitrogen and oxygen atoms in total. The largest absolute Gasteiger partial charge is 0.512 e. The van der Waals surface area contributed by atoms with Gasteiger partial charge in [-0.2, -0.15) is 0 Å². The zero-order chi connectivity index (χ0) is 41.0. The van der Waals surface area contributed by atoms with E-state index in [0.29, 0.717) is 11.1 Å². The summed E-state index contributed by atoms with van der Waals surface area (Å²) in [4.78, 5) is 69.3. The number of benzene rings is 2. The van der Waals surface area contributed by atoms with Crippen molar-refractivity contribution in [1.82, 2.24) is 0 Å². The Balaban J connectivity index is 1.57. The number of ketones is 1. The van der Waals surface area contributed by atoms with Crippen LogP contribution in [0.25, 0.3) is 6.08 Å². The van der Waals surface area contributed by atoms with Gasteiger partial charge in [0.1, 0.15) is 35.8 Å². The number of hydrogen-bond acceptors (Lipinski definition) is 12. The standard InChI is InChI=1S/C41H43Cl3O12/c1-22-27(52-30(46)18-17-25-13-9-7-10-14-25)20-40(50)34(54-35(48)26-15-11-8-12-16-26)32-38(6,33(47)23(2)31(22)37(40,4)5)28(53-36(49)56-41(42,43)44)19-29-39(32,21-51-29)55-24(3)45/h7-18,23,27-29,32,34,50H,19-21H2,1-6H3/b18-17+/t23-,27+,28+,29?,32+,34+,38-,39+,40-/m1/s1. The molecule has 6 rings (SSSR count). The maximum Gasteiger partial charge on any atom is 0.512 e. The molecular formula is C41H43Cl3O12. The molecule has 1 saturated heterocycles. The first-order chi connectivity index (χ1) is 26.2. The van der Waals surface area contributed by atoms with Crippen molar-refractivity contribution >= 4 is 70.7 Å². The van der Waals surface area contributed by atoms with E-state index >= 15 is 4.79 Å². The Labute approximate surface area is 339 Å². The van der Waals surface area contributed by atoms with E-state index in [1.807, 2.05) is 30.3 Å². The minimum atomic E-state index is -2.52. The van der Waals surface area contributed by atoms with Crippen LogP contribution in [0, 0.1) is 22.7 Å². The van der Waals surface area contributed by atoms with Crippen LogP contribution in [0.1, 0.15) is 70.3 Å². The highest BCUT2D eigenvalue weighted by molar-refractivity contribution is 6.66. The van der Waals surface area contributed by atoms with Gasteiger partial charge in [-0.25, -0.2) is 14.4 Å². The molecule has 1 N–H and O–H groups in total. The average molecular weight is 834 g/mol. The van der Waals surface area contributed by atoms with Crippen LogP contribution >= 0.6 is 34.8 Å². The molecule has 300 valence electrons. The Morgan fingerprint density at radius 1 is 0.946 bits per heavy atom. The van der Waals surface area contributed by atoms with Crippen molar-refractivity contribution in [3.8, 4) is 0 Å². The lowest BCUT2D eigenvalue weighted by molar-refractivity contribution is -0.345. The third-order valence-electron chi connectivity index (χ3n) is 12.1. The number of esters is 3. The monoisotopic (exact) mass is 832 g/mol. The lowest BCUT2D eigenvalue weighted by atomic mass is 9.43. The lowest BCUT2D eigenvalue weighted by Gasteiger charge is -2.67. The number of rotatable bonds is 7. The summed E-state index contributed by atoms with van der Waals surface area (Å²) in [7, 11) is 0. The second kappa shape index (κ2) is 15.1. The molecule has 15 heteroatoms. The van der Waals surface area contributed by atoms with Gasteiger partial charge in [0.25, 0.3) is 0 Å². The number of carbonyl (C=O) groups is 5. The Bertz CT molecular complexity index is 1960. The van der Waals surface area contributed by atoms with Gasteiger partial charge in [-0.05, 0) is 83.6 Å². The molecule has 0 amide bonds. The molecule has 9 atom stereocenters. The van der Waals surface area contributed by atoms with Crippen LogP contribution in [-0.4, -0.2) is 81.2 Å². The molecule has 1 heterocycles. The van der Waals surface area contributed by atoms with Crippen LogP contribution in [-0.2, 0) is 42.8 Å². The van der Waals surface area contributed by atoms with Crippen LogP contribution in [0.3, 0.4) is 0 Å². The zero-order valence-corrected chi connectivity index (χ0v) is 33.9. The normalized spacial score (nSPS) is 33.4. The van der Waals surface area contributed by atoms with E-state index in [-0.39, 0.29) is 25.0 Å². The van der Waals surface area contributed by atoms with E-state index in [4.69, 9.17) is 63.2 Å². The summed E-state index contributed by atoms with van der Waals surface area (Å²) in [6, 6.07) is 17.1. The maximum atomic E-state index is 15.5. The SMILES string of the molecule is CC(=O)O[C@@]12COC1C[C@H](OC(=O)OC(Cl)(Cl)Cl)[C@@]1(C)C(=O)[C@H](C)C3=C(C)[C@@H](OC(=O)/C=C/c4ccccc4)C[C@@](O)([C@@H](OC(=O)c4ccccc4)[C@@H]12)C3(C)C. The Hall–Kier alpha value is -3.94. The van der Waals surface area contributed by atoms with Gasteiger partial charge in [-0.1, -0.05) is 69.3 Å². The van der Waals surface area contributed by atoms with Crippen LogP contribution in [0.5, 0.6) is 0 Å². The van der Waals surface area contributed by atoms with Crippen LogP contribution in [0.2, 0.25) is 0 Å². The number of halogens is 3. The molecule has 1 unspecified atom stereocenters. The first-order valence-electron chi connectivity index (χ1n) is 18.1. The molecule has 1 aliphatic heterocycles. The van der Waals surface area contributed by atoms with Crippen LogP contribution in [0.15, 0.2) is 77.9 Å². The number of hydrogen-bond donors (Lipinski definition) is 1. The number of alkyl halides is 3. The summed E-state index contributed by atoms with van der Waals surface area (Å²) >= 11 is 17.3. The fourth-order valence-corrected chi connectivity index (χ4v) is 9.75. The second-order valence-electron chi connectivity index (χ2n) is 15.5. The first-order valence-corrected chi connectivity index (χ1v) is 19.2. The molecule has 3 fully saturated rings. The highest BCUT2D eigenvalue weighted by Gasteiger charge is 2.78. The lowest BCUT2D eigenvalue weighted by Crippen LogP contribution is -2.81. The van der Waals surface area contributed by atoms with Crippen LogP contribution in [0.4, 0.5) is 4.79 Å². The highest BCUT2D eigenvalue weighted by Crippen LogP contribution is 2.65. The molecule has 2 aromatic carbocycles. The molecule has 2 aromatic rings. The molecule has 3 aliphatic carbocycles. The maximum absolute atomic E-state index is 15.5. The summed E-state index contributed by atoms with van der Waals surface area (Å²) in [6.07, 6.45) is -4.36. The smallest absolute Gasteiger partial charge is 0.455 e. The van der Waals surface area contributed by atoms with E-state index in [1.165, 1.54) is 32.1 Å². The molecule has 0 spiro atoms. The van der Waals surface area contributed by atoms with Crippen molar-refractivity contribution in [1.29, 1.82) is 0 Å². The van der Waals surface area contributed by atoms with Crippen molar-refractivity contribution in [2.45, 2.75) is 94.0 Å². The van der Waals surface area contributed by atoms with Crippen molar-refractivity contribution in [2.24, 2.45) is 22.7 Å². The fraction of sp³-hybridized carbons (Fsp3) is 0.488. The molecule has 0 aromatic heterocycles. The number of Topliss-reactive ketones (excluding diaryl/α,β-unsaturated/α-hetero) is 1. The van der Waals surface area contributed by atoms with E-state index in [1.54, 1.807) is 52.0 Å². The zero-order valence-electron chi connectivity index (χ0n) is 31.6. The predicted molar refractivity (Wildman–Crippen MR) is 203 cm³/mol. The van der Waals surface area contributed by atoms with Crippen molar-refractivity contribution in [2.75, 3.05) is 6.61 Å². The number of aliphatic hydroxyl groups is 1. The van der Waals surface area contributed by atoms with Gasteiger partial charge < -0.3 is 33.5 Å². The van der Waals surface area contributed by atoms with Crippen molar-refractivity contribution in [3.05, 3.63) is 89.0 Å². The molecule has 56 heavy (non-hydrogen) atoms. The van der Waals surface area contributed by atoms with E-state index in [9.17, 15) is 24.3 Å². The van der Waals surface area contributed by atoms with Gasteiger partial charge in [-0.3, -0.25) is 9.59 Å². The van der Waals surface area contributed by atoms with Crippen molar-refractivity contribution in [3.63, 3.8) is 0 Å². The molecule has 0 radical (unpaired) electrons. The Morgan fingerprint density at radius 2 is 1.57 bits per heavy atom. The summed E-state index contributed by atoms with van der Waals surface area (Å²) in [5.74, 6) is -5.34. The Kier molecular flexibility index (Phi) is 11.2. The van der Waals surface area contributed by atoms with Crippen molar-refractivity contribution < 1.29 is 57.5 Å². The topological polar surface area (TPSA) is 161 Å². The molecule has 2 bridgehead atoms. The van der Waals surface area contributed by atoms with Gasteiger partial charge in [0.05, 0.1) is 23.5 Å². The highest BCUT2D eigenvalue weighted by atomic mass is 35.6.